The summed E-state index contributed by atoms with van der Waals surface area (Å²) in [4.78, 5) is 37.8. The Balaban J connectivity index is 1.56. The average Bonchev–Trinajstić information content (AvgIpc) is 3.33. The number of aromatic nitrogens is 2. The fraction of sp³-hybridized carbons (Fsp3) is 0.250. The zero-order chi connectivity index (χ0) is 21.8. The topological polar surface area (TPSA) is 111 Å². The number of benzene rings is 1. The van der Waals surface area contributed by atoms with E-state index < -0.39 is 12.0 Å². The van der Waals surface area contributed by atoms with Crippen molar-refractivity contribution in [2.24, 2.45) is 0 Å². The fourth-order valence-corrected chi connectivity index (χ4v) is 4.97. The molecule has 1 saturated heterocycles. The van der Waals surface area contributed by atoms with Gasteiger partial charge in [-0.2, -0.15) is 0 Å². The van der Waals surface area contributed by atoms with Crippen LogP contribution in [-0.2, 0) is 25.7 Å². The van der Waals surface area contributed by atoms with E-state index in [9.17, 15) is 14.4 Å². The number of nitrogens with one attached hydrogen (secondary N) is 1. The lowest BCUT2D eigenvalue weighted by Gasteiger charge is -2.49. The molecule has 1 unspecified atom stereocenters. The van der Waals surface area contributed by atoms with Crippen LogP contribution in [0.3, 0.4) is 0 Å². The predicted octanol–water partition coefficient (Wildman–Crippen LogP) is 1.59. The highest BCUT2D eigenvalue weighted by atomic mass is 32.2. The number of carbonyl (C=O) groups excluding carboxylic acids is 3. The molecule has 2 aliphatic rings. The second-order valence-electron chi connectivity index (χ2n) is 6.63. The minimum Gasteiger partial charge on any atom is -0.497 e. The van der Waals surface area contributed by atoms with Crippen molar-refractivity contribution in [3.8, 4) is 5.75 Å². The van der Waals surface area contributed by atoms with E-state index in [0.29, 0.717) is 29.2 Å². The first-order chi connectivity index (χ1) is 15.1. The second-order valence-corrected chi connectivity index (χ2v) is 8.35. The summed E-state index contributed by atoms with van der Waals surface area (Å²) in [6.45, 7) is 0.0508. The largest absolute Gasteiger partial charge is 0.497 e. The molecule has 160 valence electrons. The third kappa shape index (κ3) is 4.32. The highest BCUT2D eigenvalue weighted by Gasteiger charge is 2.53. The van der Waals surface area contributed by atoms with Crippen molar-refractivity contribution >= 4 is 47.7 Å². The van der Waals surface area contributed by atoms with Crippen molar-refractivity contribution in [2.75, 3.05) is 12.9 Å². The molecule has 0 spiro atoms. The van der Waals surface area contributed by atoms with Crippen molar-refractivity contribution in [1.82, 2.24) is 19.8 Å². The van der Waals surface area contributed by atoms with Crippen molar-refractivity contribution < 1.29 is 23.9 Å². The maximum Gasteiger partial charge on any atom is 0.355 e. The van der Waals surface area contributed by atoms with Crippen LogP contribution < -0.4 is 10.1 Å². The maximum atomic E-state index is 13.0. The molecule has 1 fully saturated rings. The molecule has 1 aromatic heterocycles. The molecule has 4 rings (SSSR count). The number of nitrogens with zero attached hydrogens (tertiary/aromatic N) is 3. The number of hydrogen-bond acceptors (Lipinski definition) is 9. The smallest absolute Gasteiger partial charge is 0.355 e. The number of thioether (sulfide) groups is 1. The van der Waals surface area contributed by atoms with Crippen LogP contribution in [0.5, 0.6) is 5.75 Å². The van der Waals surface area contributed by atoms with Gasteiger partial charge in [-0.05, 0) is 40.9 Å². The first-order valence-corrected chi connectivity index (χ1v) is 11.1. The SMILES string of the molecule is COc1ccc(COC(=O)C2=C(/C=C\c3csnn3)CS[C@H]3C(NC=O)C(=O)N23)cc1. The van der Waals surface area contributed by atoms with E-state index in [2.05, 4.69) is 14.9 Å². The quantitative estimate of drug-likeness (QED) is 0.361. The maximum absolute atomic E-state index is 13.0. The van der Waals surface area contributed by atoms with E-state index in [1.807, 2.05) is 0 Å². The number of methoxy groups -OCH3 is 1. The fourth-order valence-electron chi connectivity index (χ4n) is 3.22. The van der Waals surface area contributed by atoms with Crippen LogP contribution in [0, 0.1) is 0 Å². The number of hydrogen-bond donors (Lipinski definition) is 1. The molecular formula is C20H18N4O5S2. The van der Waals surface area contributed by atoms with Gasteiger partial charge in [-0.1, -0.05) is 22.7 Å². The van der Waals surface area contributed by atoms with E-state index in [-0.39, 0.29) is 23.6 Å². The minimum atomic E-state index is -0.653. The second kappa shape index (κ2) is 9.31. The van der Waals surface area contributed by atoms with Gasteiger partial charge >= 0.3 is 5.97 Å². The number of fused-ring (bicyclic) bond motifs is 1. The molecule has 2 aliphatic heterocycles. The summed E-state index contributed by atoms with van der Waals surface area (Å²) in [6.07, 6.45) is 3.98. The summed E-state index contributed by atoms with van der Waals surface area (Å²) in [5.74, 6) is 0.234. The molecule has 0 bridgehead atoms. The normalized spacial score (nSPS) is 20.3. The van der Waals surface area contributed by atoms with Crippen LogP contribution in [0.2, 0.25) is 0 Å². The van der Waals surface area contributed by atoms with Gasteiger partial charge in [0.1, 0.15) is 29.5 Å². The Kier molecular flexibility index (Phi) is 6.33. The number of esters is 1. The lowest BCUT2D eigenvalue weighted by molar-refractivity contribution is -0.152. The highest BCUT2D eigenvalue weighted by molar-refractivity contribution is 8.00. The number of allylic oxidation sites excluding steroid dienone is 1. The van der Waals surface area contributed by atoms with Gasteiger partial charge in [-0.15, -0.1) is 16.9 Å². The molecule has 1 aromatic carbocycles. The zero-order valence-electron chi connectivity index (χ0n) is 16.4. The highest BCUT2D eigenvalue weighted by Crippen LogP contribution is 2.41. The van der Waals surface area contributed by atoms with Crippen molar-refractivity contribution in [2.45, 2.75) is 18.0 Å². The standard InChI is InChI=1S/C20H18N4O5S2/c1-28-15-6-2-12(3-7-15)8-29-20(27)17-13(4-5-14-10-31-23-22-14)9-30-19-16(21-11-25)18(26)24(17)19/h2-7,10-11,16,19H,8-9H2,1H3,(H,21,25)/b5-4-/t16?,19-/m0/s1. The summed E-state index contributed by atoms with van der Waals surface area (Å²) >= 11 is 2.69. The Hall–Kier alpha value is -3.18. The first kappa shape index (κ1) is 21.1. The first-order valence-electron chi connectivity index (χ1n) is 9.25. The van der Waals surface area contributed by atoms with E-state index in [0.717, 1.165) is 5.56 Å². The van der Waals surface area contributed by atoms with E-state index in [1.165, 1.54) is 28.2 Å². The Bertz CT molecular complexity index is 1040. The Morgan fingerprint density at radius 3 is 2.81 bits per heavy atom. The lowest BCUT2D eigenvalue weighted by Crippen LogP contribution is -2.69. The summed E-state index contributed by atoms with van der Waals surface area (Å²) in [5.41, 5.74) is 2.28. The van der Waals surface area contributed by atoms with E-state index >= 15 is 0 Å². The van der Waals surface area contributed by atoms with Crippen LogP contribution in [0.25, 0.3) is 6.08 Å². The monoisotopic (exact) mass is 458 g/mol. The van der Waals surface area contributed by atoms with Gasteiger partial charge in [-0.25, -0.2) is 4.79 Å². The van der Waals surface area contributed by atoms with Crippen LogP contribution in [0.4, 0.5) is 0 Å². The van der Waals surface area contributed by atoms with Gasteiger partial charge in [0, 0.05) is 11.1 Å². The summed E-state index contributed by atoms with van der Waals surface area (Å²) in [5, 5.41) is 7.90. The minimum absolute atomic E-state index is 0.0508. The average molecular weight is 459 g/mol. The van der Waals surface area contributed by atoms with Gasteiger partial charge in [0.15, 0.2) is 0 Å². The predicted molar refractivity (Wildman–Crippen MR) is 115 cm³/mol. The molecule has 0 aliphatic carbocycles. The van der Waals surface area contributed by atoms with Gasteiger partial charge in [0.2, 0.25) is 6.41 Å². The summed E-state index contributed by atoms with van der Waals surface area (Å²) < 4.78 is 14.5. The van der Waals surface area contributed by atoms with Crippen molar-refractivity contribution in [1.29, 1.82) is 0 Å². The Morgan fingerprint density at radius 2 is 2.13 bits per heavy atom. The molecule has 31 heavy (non-hydrogen) atoms. The number of amides is 2. The number of β-lactam (4-membered cyclic amide) rings is 1. The molecular weight excluding hydrogens is 440 g/mol. The van der Waals surface area contributed by atoms with Gasteiger partial charge in [-0.3, -0.25) is 14.5 Å². The molecule has 2 atom stereocenters. The third-order valence-corrected chi connectivity index (χ3v) is 6.62. The molecule has 1 N–H and O–H groups in total. The Labute approximate surface area is 186 Å². The van der Waals surface area contributed by atoms with Crippen LogP contribution in [0.1, 0.15) is 11.3 Å². The molecule has 2 aromatic rings. The van der Waals surface area contributed by atoms with E-state index in [1.54, 1.807) is 48.9 Å². The lowest BCUT2D eigenvalue weighted by atomic mass is 10.0. The van der Waals surface area contributed by atoms with Crippen molar-refractivity contribution in [3.63, 3.8) is 0 Å². The number of ether oxygens (including phenoxy) is 2. The van der Waals surface area contributed by atoms with E-state index in [4.69, 9.17) is 9.47 Å². The summed E-state index contributed by atoms with van der Waals surface area (Å²) in [6, 6.07) is 6.50. The molecule has 0 radical (unpaired) electrons. The molecule has 2 amide bonds. The molecule has 9 nitrogen and oxygen atoms in total. The number of rotatable bonds is 8. The molecule has 3 heterocycles. The Morgan fingerprint density at radius 1 is 1.32 bits per heavy atom. The third-order valence-electron chi connectivity index (χ3n) is 4.80. The summed E-state index contributed by atoms with van der Waals surface area (Å²) in [7, 11) is 1.58. The van der Waals surface area contributed by atoms with Crippen LogP contribution in [-0.4, -0.2) is 57.1 Å². The van der Waals surface area contributed by atoms with Crippen LogP contribution in [0.15, 0.2) is 47.0 Å². The van der Waals surface area contributed by atoms with Crippen molar-refractivity contribution in [3.05, 3.63) is 58.2 Å². The van der Waals surface area contributed by atoms with Gasteiger partial charge in [0.25, 0.3) is 5.91 Å². The van der Waals surface area contributed by atoms with Crippen LogP contribution >= 0.6 is 23.3 Å². The number of carbonyl (C=O) groups is 3. The molecule has 11 heteroatoms. The zero-order valence-corrected chi connectivity index (χ0v) is 18.0. The van der Waals surface area contributed by atoms with Gasteiger partial charge in [0.05, 0.1) is 12.8 Å². The molecule has 0 saturated carbocycles. The van der Waals surface area contributed by atoms with Gasteiger partial charge < -0.3 is 14.8 Å².